The molecule has 0 radical (unpaired) electrons. The van der Waals surface area contributed by atoms with E-state index in [1.165, 1.54) is 0 Å². The third-order valence-corrected chi connectivity index (χ3v) is 3.80. The van der Waals surface area contributed by atoms with Crippen LogP contribution >= 0.6 is 12.6 Å². The van der Waals surface area contributed by atoms with Gasteiger partial charge in [-0.1, -0.05) is 27.2 Å². The summed E-state index contributed by atoms with van der Waals surface area (Å²) in [5, 5.41) is 3.29. The normalized spacial score (nSPS) is 15.8. The summed E-state index contributed by atoms with van der Waals surface area (Å²) in [6.07, 6.45) is 2.92. The Balaban J connectivity index is 3.39. The van der Waals surface area contributed by atoms with Gasteiger partial charge in [0.1, 0.15) is 6.61 Å². The Bertz CT molecular complexity index is 260. The van der Waals surface area contributed by atoms with Gasteiger partial charge in [-0.2, -0.15) is 12.6 Å². The fourth-order valence-corrected chi connectivity index (χ4v) is 1.76. The van der Waals surface area contributed by atoms with Crippen LogP contribution in [0.2, 0.25) is 0 Å². The first kappa shape index (κ1) is 19.9. The third kappa shape index (κ3) is 10.7. The molecule has 0 aliphatic rings. The molecule has 0 bridgehead atoms. The lowest BCUT2D eigenvalue weighted by molar-refractivity contribution is -0.127. The van der Waals surface area contributed by atoms with Crippen molar-refractivity contribution >= 4 is 18.4 Å². The Hall–Kier alpha value is -0.100. The standard InChI is InChI=1S/C15H31NO3S/c1-5-7-13(3)14(17)12-19-11-10-18-9-8-16-15(4,20)6-2/h13,16,20H,5-12H2,1-4H3. The van der Waals surface area contributed by atoms with Crippen LogP contribution in [0.25, 0.3) is 0 Å². The molecule has 0 saturated carbocycles. The molecule has 0 aromatic rings. The molecule has 120 valence electrons. The second-order valence-corrected chi connectivity index (χ2v) is 6.36. The molecule has 0 amide bonds. The molecule has 0 aliphatic heterocycles. The van der Waals surface area contributed by atoms with E-state index in [0.717, 1.165) is 25.8 Å². The highest BCUT2D eigenvalue weighted by Gasteiger charge is 2.14. The van der Waals surface area contributed by atoms with Crippen molar-refractivity contribution < 1.29 is 14.3 Å². The Labute approximate surface area is 129 Å². The molecule has 5 heteroatoms. The largest absolute Gasteiger partial charge is 0.378 e. The molecular formula is C15H31NO3S. The Morgan fingerprint density at radius 2 is 1.90 bits per heavy atom. The van der Waals surface area contributed by atoms with Gasteiger partial charge in [-0.3, -0.25) is 4.79 Å². The summed E-state index contributed by atoms with van der Waals surface area (Å²) in [5.41, 5.74) is 0. The van der Waals surface area contributed by atoms with Gasteiger partial charge in [0.2, 0.25) is 0 Å². The van der Waals surface area contributed by atoms with Crippen LogP contribution in [-0.2, 0) is 14.3 Å². The van der Waals surface area contributed by atoms with Gasteiger partial charge in [-0.25, -0.2) is 0 Å². The van der Waals surface area contributed by atoms with E-state index in [4.69, 9.17) is 9.47 Å². The fraction of sp³-hybridized carbons (Fsp3) is 0.933. The van der Waals surface area contributed by atoms with Crippen molar-refractivity contribution in [2.24, 2.45) is 5.92 Å². The predicted molar refractivity (Wildman–Crippen MR) is 86.4 cm³/mol. The Morgan fingerprint density at radius 3 is 2.50 bits per heavy atom. The molecule has 0 fully saturated rings. The van der Waals surface area contributed by atoms with E-state index in [1.807, 2.05) is 13.8 Å². The first-order chi connectivity index (χ1) is 9.43. The fourth-order valence-electron chi connectivity index (χ4n) is 1.65. The van der Waals surface area contributed by atoms with Crippen molar-refractivity contribution in [1.29, 1.82) is 0 Å². The molecule has 4 nitrogen and oxygen atoms in total. The summed E-state index contributed by atoms with van der Waals surface area (Å²) >= 11 is 4.48. The number of ether oxygens (including phenoxy) is 2. The molecule has 0 aromatic carbocycles. The van der Waals surface area contributed by atoms with Crippen LogP contribution in [0.5, 0.6) is 0 Å². The van der Waals surface area contributed by atoms with E-state index < -0.39 is 0 Å². The lowest BCUT2D eigenvalue weighted by Crippen LogP contribution is -2.38. The Kier molecular flexibility index (Phi) is 11.5. The molecule has 20 heavy (non-hydrogen) atoms. The highest BCUT2D eigenvalue weighted by Crippen LogP contribution is 2.12. The number of thiol groups is 1. The highest BCUT2D eigenvalue weighted by molar-refractivity contribution is 7.81. The minimum atomic E-state index is -0.137. The molecule has 1 N–H and O–H groups in total. The average molecular weight is 305 g/mol. The van der Waals surface area contributed by atoms with Crippen LogP contribution in [0.3, 0.4) is 0 Å². The molecule has 0 aromatic heterocycles. The van der Waals surface area contributed by atoms with E-state index in [-0.39, 0.29) is 23.2 Å². The number of carbonyl (C=O) groups excluding carboxylic acids is 1. The first-order valence-electron chi connectivity index (χ1n) is 7.58. The number of rotatable bonds is 13. The van der Waals surface area contributed by atoms with Crippen LogP contribution in [0, 0.1) is 5.92 Å². The smallest absolute Gasteiger partial charge is 0.161 e. The van der Waals surface area contributed by atoms with E-state index in [0.29, 0.717) is 19.8 Å². The van der Waals surface area contributed by atoms with Crippen LogP contribution in [0.1, 0.15) is 47.0 Å². The lowest BCUT2D eigenvalue weighted by atomic mass is 10.0. The number of hydrogen-bond donors (Lipinski definition) is 2. The zero-order valence-corrected chi connectivity index (χ0v) is 14.3. The van der Waals surface area contributed by atoms with Crippen molar-refractivity contribution in [3.05, 3.63) is 0 Å². The van der Waals surface area contributed by atoms with Gasteiger partial charge in [0.25, 0.3) is 0 Å². The third-order valence-electron chi connectivity index (χ3n) is 3.33. The van der Waals surface area contributed by atoms with Crippen LogP contribution in [0.4, 0.5) is 0 Å². The van der Waals surface area contributed by atoms with Crippen molar-refractivity contribution in [2.45, 2.75) is 51.8 Å². The highest BCUT2D eigenvalue weighted by atomic mass is 32.1. The molecule has 0 saturated heterocycles. The number of carbonyl (C=O) groups is 1. The number of nitrogens with one attached hydrogen (secondary N) is 1. The summed E-state index contributed by atoms with van der Waals surface area (Å²) in [7, 11) is 0. The quantitative estimate of drug-likeness (QED) is 0.312. The summed E-state index contributed by atoms with van der Waals surface area (Å²) < 4.78 is 10.8. The van der Waals surface area contributed by atoms with Crippen molar-refractivity contribution in [1.82, 2.24) is 5.32 Å². The topological polar surface area (TPSA) is 47.6 Å². The van der Waals surface area contributed by atoms with E-state index in [1.54, 1.807) is 0 Å². The van der Waals surface area contributed by atoms with Gasteiger partial charge >= 0.3 is 0 Å². The number of hydrogen-bond acceptors (Lipinski definition) is 5. The molecule has 2 atom stereocenters. The second kappa shape index (κ2) is 11.5. The molecule has 0 heterocycles. The van der Waals surface area contributed by atoms with Crippen molar-refractivity contribution in [3.63, 3.8) is 0 Å². The Morgan fingerprint density at radius 1 is 1.25 bits per heavy atom. The van der Waals surface area contributed by atoms with E-state index >= 15 is 0 Å². The number of ketones is 1. The average Bonchev–Trinajstić information content (AvgIpc) is 2.41. The minimum absolute atomic E-state index is 0.104. The maximum atomic E-state index is 11.6. The van der Waals surface area contributed by atoms with Crippen LogP contribution < -0.4 is 5.32 Å². The molecule has 0 rings (SSSR count). The molecule has 2 unspecified atom stereocenters. The van der Waals surface area contributed by atoms with Crippen LogP contribution in [-0.4, -0.2) is 43.6 Å². The van der Waals surface area contributed by atoms with Gasteiger partial charge in [0, 0.05) is 12.5 Å². The first-order valence-corrected chi connectivity index (χ1v) is 8.03. The van der Waals surface area contributed by atoms with Gasteiger partial charge < -0.3 is 14.8 Å². The summed E-state index contributed by atoms with van der Waals surface area (Å²) in [4.78, 5) is 11.5. The van der Waals surface area contributed by atoms with Gasteiger partial charge in [0.15, 0.2) is 5.78 Å². The zero-order chi connectivity index (χ0) is 15.4. The van der Waals surface area contributed by atoms with Crippen molar-refractivity contribution in [2.75, 3.05) is 33.0 Å². The maximum Gasteiger partial charge on any atom is 0.161 e. The summed E-state index contributed by atoms with van der Waals surface area (Å²) in [5.74, 6) is 0.287. The summed E-state index contributed by atoms with van der Waals surface area (Å²) in [6.45, 7) is 10.8. The van der Waals surface area contributed by atoms with E-state index in [9.17, 15) is 4.79 Å². The molecular weight excluding hydrogens is 274 g/mol. The zero-order valence-electron chi connectivity index (χ0n) is 13.4. The number of Topliss-reactive ketones (excluding diaryl/α,β-unsaturated/α-hetero) is 1. The summed E-state index contributed by atoms with van der Waals surface area (Å²) in [6, 6.07) is 0. The monoisotopic (exact) mass is 305 g/mol. The molecule has 0 aliphatic carbocycles. The van der Waals surface area contributed by atoms with Gasteiger partial charge in [0.05, 0.1) is 24.7 Å². The lowest BCUT2D eigenvalue weighted by Gasteiger charge is -2.23. The predicted octanol–water partition coefficient (Wildman–Crippen LogP) is 2.67. The SMILES string of the molecule is CCCC(C)C(=O)COCCOCCNC(C)(S)CC. The minimum Gasteiger partial charge on any atom is -0.378 e. The van der Waals surface area contributed by atoms with Crippen LogP contribution in [0.15, 0.2) is 0 Å². The van der Waals surface area contributed by atoms with E-state index in [2.05, 4.69) is 31.8 Å². The van der Waals surface area contributed by atoms with Crippen molar-refractivity contribution in [3.8, 4) is 0 Å². The molecule has 0 spiro atoms. The maximum absolute atomic E-state index is 11.6. The van der Waals surface area contributed by atoms with Gasteiger partial charge in [-0.05, 0) is 19.8 Å². The van der Waals surface area contributed by atoms with Gasteiger partial charge in [-0.15, -0.1) is 0 Å². The second-order valence-electron chi connectivity index (χ2n) is 5.38.